The van der Waals surface area contributed by atoms with Crippen molar-refractivity contribution in [3.05, 3.63) is 51.2 Å². The van der Waals surface area contributed by atoms with E-state index in [1.807, 2.05) is 17.5 Å². The second-order valence-corrected chi connectivity index (χ2v) is 8.03. The van der Waals surface area contributed by atoms with Gasteiger partial charge in [-0.15, -0.1) is 11.3 Å². The van der Waals surface area contributed by atoms with Crippen molar-refractivity contribution >= 4 is 33.0 Å². The Morgan fingerprint density at radius 2 is 2.10 bits per heavy atom. The molecule has 0 saturated carbocycles. The minimum atomic E-state index is -3.66. The first-order valence-corrected chi connectivity index (χ1v) is 9.03. The lowest BCUT2D eigenvalue weighted by Crippen LogP contribution is -2.29. The number of thiophene rings is 1. The number of aliphatic hydroxyl groups is 1. The van der Waals surface area contributed by atoms with Crippen LogP contribution in [0.4, 0.5) is 0 Å². The second kappa shape index (κ2) is 6.89. The third-order valence-electron chi connectivity index (χ3n) is 3.12. The van der Waals surface area contributed by atoms with E-state index in [1.54, 1.807) is 17.4 Å². The van der Waals surface area contributed by atoms with Crippen LogP contribution >= 0.6 is 22.9 Å². The van der Waals surface area contributed by atoms with Gasteiger partial charge in [0.25, 0.3) is 0 Å². The molecule has 0 saturated heterocycles. The average molecular weight is 346 g/mol. The first-order chi connectivity index (χ1) is 9.95. The first kappa shape index (κ1) is 16.5. The van der Waals surface area contributed by atoms with Crippen LogP contribution in [0.1, 0.15) is 10.4 Å². The predicted molar refractivity (Wildman–Crippen MR) is 85.2 cm³/mol. The van der Waals surface area contributed by atoms with Crippen molar-refractivity contribution in [3.8, 4) is 0 Å². The largest absolute Gasteiger partial charge is 0.392 e. The molecule has 0 aliphatic rings. The molecule has 0 fully saturated rings. The molecule has 114 valence electrons. The summed E-state index contributed by atoms with van der Waals surface area (Å²) in [6.45, 7) is 0.154. The zero-order chi connectivity index (χ0) is 15.5. The molecule has 21 heavy (non-hydrogen) atoms. The molecule has 0 aliphatic carbocycles. The smallest absolute Gasteiger partial charge is 0.244 e. The summed E-state index contributed by atoms with van der Waals surface area (Å²) < 4.78 is 26.4. The van der Waals surface area contributed by atoms with Crippen LogP contribution in [0.25, 0.3) is 0 Å². The van der Waals surface area contributed by atoms with Crippen molar-refractivity contribution in [2.45, 2.75) is 17.9 Å². The van der Waals surface area contributed by atoms with Crippen molar-refractivity contribution < 1.29 is 13.5 Å². The molecule has 1 heterocycles. The number of hydrogen-bond donors (Lipinski definition) is 1. The SMILES string of the molecule is CN(CCc1cccs1)S(=O)(=O)c1cc(CO)ccc1Cl. The van der Waals surface area contributed by atoms with Gasteiger partial charge in [-0.05, 0) is 35.6 Å². The number of benzene rings is 1. The Bertz CT molecular complexity index is 699. The summed E-state index contributed by atoms with van der Waals surface area (Å²) in [6, 6.07) is 8.43. The zero-order valence-electron chi connectivity index (χ0n) is 11.5. The summed E-state index contributed by atoms with van der Waals surface area (Å²) in [5, 5.41) is 11.3. The van der Waals surface area contributed by atoms with E-state index in [9.17, 15) is 8.42 Å². The molecule has 4 nitrogen and oxygen atoms in total. The maximum absolute atomic E-state index is 12.5. The van der Waals surface area contributed by atoms with Crippen molar-refractivity contribution in [1.29, 1.82) is 0 Å². The van der Waals surface area contributed by atoms with Crippen molar-refractivity contribution in [2.24, 2.45) is 0 Å². The van der Waals surface area contributed by atoms with Crippen LogP contribution in [0.3, 0.4) is 0 Å². The molecule has 0 radical (unpaired) electrons. The van der Waals surface area contributed by atoms with E-state index in [0.29, 0.717) is 18.5 Å². The summed E-state index contributed by atoms with van der Waals surface area (Å²) in [5.74, 6) is 0. The van der Waals surface area contributed by atoms with E-state index in [4.69, 9.17) is 16.7 Å². The molecule has 1 aromatic carbocycles. The molecule has 0 spiro atoms. The third kappa shape index (κ3) is 3.84. The maximum Gasteiger partial charge on any atom is 0.244 e. The standard InChI is InChI=1S/C14H16ClNO3S2/c1-16(7-6-12-3-2-8-20-12)21(18,19)14-9-11(10-17)4-5-13(14)15/h2-5,8-9,17H,6-7,10H2,1H3. The molecule has 0 amide bonds. The Balaban J connectivity index is 2.20. The number of hydrogen-bond acceptors (Lipinski definition) is 4. The summed E-state index contributed by atoms with van der Waals surface area (Å²) in [5.41, 5.74) is 0.518. The number of rotatable bonds is 6. The van der Waals surface area contributed by atoms with Crippen LogP contribution in [-0.4, -0.2) is 31.4 Å². The maximum atomic E-state index is 12.5. The predicted octanol–water partition coefficient (Wildman–Crippen LogP) is 2.76. The Morgan fingerprint density at radius 3 is 2.71 bits per heavy atom. The molecule has 0 unspecified atom stereocenters. The lowest BCUT2D eigenvalue weighted by atomic mass is 10.2. The molecule has 1 aromatic heterocycles. The van der Waals surface area contributed by atoms with Crippen LogP contribution in [0.5, 0.6) is 0 Å². The fourth-order valence-electron chi connectivity index (χ4n) is 1.85. The summed E-state index contributed by atoms with van der Waals surface area (Å²) in [7, 11) is -2.13. The highest BCUT2D eigenvalue weighted by Crippen LogP contribution is 2.25. The van der Waals surface area contributed by atoms with Gasteiger partial charge in [-0.1, -0.05) is 23.7 Å². The number of nitrogens with zero attached hydrogens (tertiary/aromatic N) is 1. The van der Waals surface area contributed by atoms with Gasteiger partial charge in [0.2, 0.25) is 10.0 Å². The number of sulfonamides is 1. The highest BCUT2D eigenvalue weighted by atomic mass is 35.5. The monoisotopic (exact) mass is 345 g/mol. The normalized spacial score (nSPS) is 12.0. The summed E-state index contributed by atoms with van der Waals surface area (Å²) >= 11 is 7.60. The van der Waals surface area contributed by atoms with Gasteiger partial charge >= 0.3 is 0 Å². The average Bonchev–Trinajstić information content (AvgIpc) is 2.98. The quantitative estimate of drug-likeness (QED) is 0.875. The van der Waals surface area contributed by atoms with Gasteiger partial charge in [0.1, 0.15) is 4.90 Å². The fourth-order valence-corrected chi connectivity index (χ4v) is 4.24. The van der Waals surface area contributed by atoms with Crippen molar-refractivity contribution in [3.63, 3.8) is 0 Å². The fraction of sp³-hybridized carbons (Fsp3) is 0.286. The van der Waals surface area contributed by atoms with E-state index >= 15 is 0 Å². The Hall–Kier alpha value is -0.920. The van der Waals surface area contributed by atoms with Crippen molar-refractivity contribution in [1.82, 2.24) is 4.31 Å². The van der Waals surface area contributed by atoms with E-state index in [0.717, 1.165) is 4.88 Å². The van der Waals surface area contributed by atoms with Gasteiger partial charge in [0, 0.05) is 18.5 Å². The number of aliphatic hydroxyl groups excluding tert-OH is 1. The van der Waals surface area contributed by atoms with Crippen LogP contribution < -0.4 is 0 Å². The van der Waals surface area contributed by atoms with E-state index in [1.165, 1.54) is 23.5 Å². The molecule has 0 bridgehead atoms. The molecule has 2 aromatic rings. The van der Waals surface area contributed by atoms with Gasteiger partial charge in [-0.3, -0.25) is 0 Å². The summed E-state index contributed by atoms with van der Waals surface area (Å²) in [4.78, 5) is 1.16. The highest BCUT2D eigenvalue weighted by molar-refractivity contribution is 7.89. The Labute approximate surface area is 133 Å². The molecule has 0 aliphatic heterocycles. The van der Waals surface area contributed by atoms with Crippen LogP contribution in [0, 0.1) is 0 Å². The number of halogens is 1. The van der Waals surface area contributed by atoms with Gasteiger partial charge in [-0.2, -0.15) is 0 Å². The van der Waals surface area contributed by atoms with E-state index in [2.05, 4.69) is 0 Å². The highest BCUT2D eigenvalue weighted by Gasteiger charge is 2.23. The lowest BCUT2D eigenvalue weighted by molar-refractivity contribution is 0.281. The van der Waals surface area contributed by atoms with Crippen LogP contribution in [0.2, 0.25) is 5.02 Å². The van der Waals surface area contributed by atoms with Crippen molar-refractivity contribution in [2.75, 3.05) is 13.6 Å². The molecule has 2 rings (SSSR count). The number of likely N-dealkylation sites (N-methyl/N-ethyl adjacent to an activating group) is 1. The molecular formula is C14H16ClNO3S2. The van der Waals surface area contributed by atoms with Gasteiger partial charge < -0.3 is 5.11 Å². The Morgan fingerprint density at radius 1 is 1.33 bits per heavy atom. The second-order valence-electron chi connectivity index (χ2n) is 4.58. The molecular weight excluding hydrogens is 330 g/mol. The van der Waals surface area contributed by atoms with Gasteiger partial charge in [0.15, 0.2) is 0 Å². The minimum Gasteiger partial charge on any atom is -0.392 e. The van der Waals surface area contributed by atoms with Gasteiger partial charge in [0.05, 0.1) is 11.6 Å². The van der Waals surface area contributed by atoms with E-state index < -0.39 is 10.0 Å². The van der Waals surface area contributed by atoms with Crippen LogP contribution in [0.15, 0.2) is 40.6 Å². The van der Waals surface area contributed by atoms with E-state index in [-0.39, 0.29) is 16.5 Å². The molecule has 0 atom stereocenters. The molecule has 7 heteroatoms. The van der Waals surface area contributed by atoms with Gasteiger partial charge in [-0.25, -0.2) is 12.7 Å². The zero-order valence-corrected chi connectivity index (χ0v) is 13.9. The first-order valence-electron chi connectivity index (χ1n) is 6.33. The topological polar surface area (TPSA) is 57.6 Å². The summed E-state index contributed by atoms with van der Waals surface area (Å²) in [6.07, 6.45) is 0.657. The lowest BCUT2D eigenvalue weighted by Gasteiger charge is -2.18. The third-order valence-corrected chi connectivity index (χ3v) is 6.39. The molecule has 1 N–H and O–H groups in total. The van der Waals surface area contributed by atoms with Crippen LogP contribution in [-0.2, 0) is 23.1 Å². The Kier molecular flexibility index (Phi) is 5.40. The minimum absolute atomic E-state index is 0.0318.